The second kappa shape index (κ2) is 5.34. The van der Waals surface area contributed by atoms with Crippen LogP contribution in [-0.2, 0) is 6.54 Å². The molecular weight excluding hydrogens is 255 g/mol. The van der Waals surface area contributed by atoms with Crippen LogP contribution in [0.5, 0.6) is 0 Å². The first-order valence-corrected chi connectivity index (χ1v) is 5.89. The van der Waals surface area contributed by atoms with Gasteiger partial charge in [-0.1, -0.05) is 0 Å². The Balaban J connectivity index is 2.07. The van der Waals surface area contributed by atoms with E-state index < -0.39 is 12.6 Å². The van der Waals surface area contributed by atoms with Gasteiger partial charge in [0.25, 0.3) is 0 Å². The van der Waals surface area contributed by atoms with Crippen LogP contribution in [0.15, 0.2) is 36.7 Å². The third kappa shape index (κ3) is 3.74. The Kier molecular flexibility index (Phi) is 3.78. The number of anilines is 1. The van der Waals surface area contributed by atoms with E-state index in [1.807, 2.05) is 0 Å². The number of alkyl halides is 3. The lowest BCUT2D eigenvalue weighted by Crippen LogP contribution is -2.09. The summed E-state index contributed by atoms with van der Waals surface area (Å²) >= 11 is 0. The Bertz CT molecular complexity index is 529. The topological polar surface area (TPSA) is 43.8 Å². The second-order valence-corrected chi connectivity index (χ2v) is 4.28. The summed E-state index contributed by atoms with van der Waals surface area (Å²) in [7, 11) is 0. The standard InChI is InChI=1S/C13H14F3N3/c14-13(15,16)6-1-8-19-9-7-18-12(19)10-2-4-11(17)5-3-10/h2-5,7,9H,1,6,8,17H2. The number of nitrogens with two attached hydrogens (primary N) is 1. The first-order valence-electron chi connectivity index (χ1n) is 5.89. The van der Waals surface area contributed by atoms with Gasteiger partial charge in [0.1, 0.15) is 5.82 Å². The highest BCUT2D eigenvalue weighted by molar-refractivity contribution is 5.59. The van der Waals surface area contributed by atoms with Crippen molar-refractivity contribution < 1.29 is 13.2 Å². The molecule has 0 saturated carbocycles. The third-order valence-corrected chi connectivity index (χ3v) is 2.74. The van der Waals surface area contributed by atoms with Crippen LogP contribution in [0.25, 0.3) is 11.4 Å². The summed E-state index contributed by atoms with van der Waals surface area (Å²) in [5.74, 6) is 0.655. The van der Waals surface area contributed by atoms with Crippen LogP contribution in [0, 0.1) is 0 Å². The summed E-state index contributed by atoms with van der Waals surface area (Å²) in [4.78, 5) is 4.17. The summed E-state index contributed by atoms with van der Waals surface area (Å²) in [6.07, 6.45) is -1.59. The molecule has 1 heterocycles. The highest BCUT2D eigenvalue weighted by Crippen LogP contribution is 2.23. The molecule has 0 aliphatic heterocycles. The van der Waals surface area contributed by atoms with Gasteiger partial charge in [-0.25, -0.2) is 4.98 Å². The van der Waals surface area contributed by atoms with Crippen LogP contribution in [-0.4, -0.2) is 15.7 Å². The molecule has 2 N–H and O–H groups in total. The fourth-order valence-corrected chi connectivity index (χ4v) is 1.83. The van der Waals surface area contributed by atoms with Gasteiger partial charge in [-0.15, -0.1) is 0 Å². The summed E-state index contributed by atoms with van der Waals surface area (Å²) < 4.78 is 38.1. The molecule has 2 aromatic rings. The van der Waals surface area contributed by atoms with E-state index in [1.54, 1.807) is 41.2 Å². The Hall–Kier alpha value is -1.98. The molecule has 3 nitrogen and oxygen atoms in total. The van der Waals surface area contributed by atoms with Gasteiger partial charge in [-0.2, -0.15) is 13.2 Å². The number of benzene rings is 1. The Morgan fingerprint density at radius 3 is 2.47 bits per heavy atom. The minimum absolute atomic E-state index is 0.0435. The van der Waals surface area contributed by atoms with Crippen LogP contribution in [0.1, 0.15) is 12.8 Å². The zero-order valence-electron chi connectivity index (χ0n) is 10.2. The zero-order valence-corrected chi connectivity index (χ0v) is 10.2. The molecule has 6 heteroatoms. The van der Waals surface area contributed by atoms with Crippen molar-refractivity contribution in [3.63, 3.8) is 0 Å². The molecular formula is C13H14F3N3. The van der Waals surface area contributed by atoms with Gasteiger partial charge in [-0.05, 0) is 30.7 Å². The van der Waals surface area contributed by atoms with E-state index >= 15 is 0 Å². The van der Waals surface area contributed by atoms with E-state index in [0.29, 0.717) is 18.1 Å². The van der Waals surface area contributed by atoms with Gasteiger partial charge >= 0.3 is 6.18 Å². The lowest BCUT2D eigenvalue weighted by molar-refractivity contribution is -0.135. The first-order chi connectivity index (χ1) is 8.96. The fourth-order valence-electron chi connectivity index (χ4n) is 1.83. The minimum Gasteiger partial charge on any atom is -0.399 e. The summed E-state index contributed by atoms with van der Waals surface area (Å²) in [6.45, 7) is 0.291. The molecule has 0 aliphatic rings. The molecule has 2 rings (SSSR count). The zero-order chi connectivity index (χ0) is 13.9. The predicted molar refractivity (Wildman–Crippen MR) is 67.4 cm³/mol. The van der Waals surface area contributed by atoms with E-state index in [0.717, 1.165) is 5.56 Å². The van der Waals surface area contributed by atoms with E-state index in [-0.39, 0.29) is 6.42 Å². The quantitative estimate of drug-likeness (QED) is 0.864. The first kappa shape index (κ1) is 13.5. The largest absolute Gasteiger partial charge is 0.399 e. The summed E-state index contributed by atoms with van der Waals surface area (Å²) in [6, 6.07) is 7.09. The lowest BCUT2D eigenvalue weighted by atomic mass is 10.2. The van der Waals surface area contributed by atoms with Crippen LogP contribution in [0.3, 0.4) is 0 Å². The van der Waals surface area contributed by atoms with Crippen molar-refractivity contribution in [2.75, 3.05) is 5.73 Å². The van der Waals surface area contributed by atoms with Gasteiger partial charge in [0.05, 0.1) is 0 Å². The van der Waals surface area contributed by atoms with Crippen LogP contribution >= 0.6 is 0 Å². The molecule has 0 fully saturated rings. The number of aryl methyl sites for hydroxylation is 1. The van der Waals surface area contributed by atoms with E-state index in [4.69, 9.17) is 5.73 Å². The summed E-state index contributed by atoms with van der Waals surface area (Å²) in [5, 5.41) is 0. The highest BCUT2D eigenvalue weighted by Gasteiger charge is 2.26. The minimum atomic E-state index is -4.11. The monoisotopic (exact) mass is 269 g/mol. The van der Waals surface area contributed by atoms with E-state index in [1.165, 1.54) is 0 Å². The van der Waals surface area contributed by atoms with Crippen molar-refractivity contribution >= 4 is 5.69 Å². The molecule has 0 aliphatic carbocycles. The Morgan fingerprint density at radius 2 is 1.84 bits per heavy atom. The van der Waals surface area contributed by atoms with Gasteiger partial charge in [0, 0.05) is 36.6 Å². The normalized spacial score (nSPS) is 11.7. The maximum Gasteiger partial charge on any atom is 0.389 e. The number of hydrogen-bond donors (Lipinski definition) is 1. The van der Waals surface area contributed by atoms with Gasteiger partial charge in [0.15, 0.2) is 0 Å². The molecule has 0 bridgehead atoms. The Morgan fingerprint density at radius 1 is 1.16 bits per heavy atom. The van der Waals surface area contributed by atoms with Crippen molar-refractivity contribution in [2.45, 2.75) is 25.6 Å². The number of nitrogen functional groups attached to an aromatic ring is 1. The molecule has 0 unspecified atom stereocenters. The number of imidazole rings is 1. The summed E-state index contributed by atoms with van der Waals surface area (Å²) in [5.41, 5.74) is 7.07. The van der Waals surface area contributed by atoms with Crippen molar-refractivity contribution in [1.82, 2.24) is 9.55 Å². The average Bonchev–Trinajstić information content (AvgIpc) is 2.77. The van der Waals surface area contributed by atoms with Crippen molar-refractivity contribution in [3.05, 3.63) is 36.7 Å². The second-order valence-electron chi connectivity index (χ2n) is 4.28. The van der Waals surface area contributed by atoms with Crippen molar-refractivity contribution in [3.8, 4) is 11.4 Å². The Labute approximate surface area is 108 Å². The van der Waals surface area contributed by atoms with Gasteiger partial charge in [0.2, 0.25) is 0 Å². The molecule has 0 spiro atoms. The molecule has 1 aromatic heterocycles. The highest BCUT2D eigenvalue weighted by atomic mass is 19.4. The van der Waals surface area contributed by atoms with Crippen LogP contribution in [0.4, 0.5) is 18.9 Å². The maximum absolute atomic E-state index is 12.1. The van der Waals surface area contributed by atoms with E-state index in [2.05, 4.69) is 4.98 Å². The fraction of sp³-hybridized carbons (Fsp3) is 0.308. The van der Waals surface area contributed by atoms with Crippen molar-refractivity contribution in [2.24, 2.45) is 0 Å². The van der Waals surface area contributed by atoms with Crippen LogP contribution in [0.2, 0.25) is 0 Å². The SMILES string of the molecule is Nc1ccc(-c2nccn2CCCC(F)(F)F)cc1. The van der Waals surface area contributed by atoms with E-state index in [9.17, 15) is 13.2 Å². The number of hydrogen-bond acceptors (Lipinski definition) is 2. The van der Waals surface area contributed by atoms with Crippen molar-refractivity contribution in [1.29, 1.82) is 0 Å². The third-order valence-electron chi connectivity index (χ3n) is 2.74. The molecule has 1 aromatic carbocycles. The van der Waals surface area contributed by atoms with Gasteiger partial charge in [-0.3, -0.25) is 0 Å². The van der Waals surface area contributed by atoms with Gasteiger partial charge < -0.3 is 10.3 Å². The molecule has 0 amide bonds. The predicted octanol–water partition coefficient (Wildman–Crippen LogP) is 3.47. The smallest absolute Gasteiger partial charge is 0.389 e. The van der Waals surface area contributed by atoms with Crippen LogP contribution < -0.4 is 5.73 Å². The number of halogens is 3. The lowest BCUT2D eigenvalue weighted by Gasteiger charge is -2.09. The number of rotatable bonds is 4. The molecule has 102 valence electrons. The number of aromatic nitrogens is 2. The average molecular weight is 269 g/mol. The molecule has 0 radical (unpaired) electrons. The maximum atomic E-state index is 12.1. The molecule has 0 saturated heterocycles. The number of nitrogens with zero attached hydrogens (tertiary/aromatic N) is 2. The molecule has 19 heavy (non-hydrogen) atoms. The molecule has 0 atom stereocenters.